The van der Waals surface area contributed by atoms with E-state index >= 15 is 0 Å². The van der Waals surface area contributed by atoms with Crippen LogP contribution in [0.3, 0.4) is 0 Å². The number of carbonyl (C=O) groups is 1. The highest BCUT2D eigenvalue weighted by Gasteiger charge is 2.20. The SMILES string of the molecule is Cc1ccc2cc(C(=O)Nc3ccccc3N3CCC(O)CC3)[nH]c2c1. The minimum atomic E-state index is -0.220. The Bertz CT molecular complexity index is 939. The highest BCUT2D eigenvalue weighted by atomic mass is 16.3. The maximum atomic E-state index is 12.8. The summed E-state index contributed by atoms with van der Waals surface area (Å²) in [7, 11) is 0. The second kappa shape index (κ2) is 6.84. The number of aliphatic hydroxyl groups is 1. The molecule has 0 aliphatic carbocycles. The molecule has 1 amide bonds. The summed E-state index contributed by atoms with van der Waals surface area (Å²) in [6.07, 6.45) is 1.29. The van der Waals surface area contributed by atoms with Crippen LogP contribution < -0.4 is 10.2 Å². The number of aliphatic hydroxyl groups excluding tert-OH is 1. The smallest absolute Gasteiger partial charge is 0.272 e. The number of rotatable bonds is 3. The van der Waals surface area contributed by atoms with E-state index in [-0.39, 0.29) is 12.0 Å². The number of nitrogens with one attached hydrogen (secondary N) is 2. The van der Waals surface area contributed by atoms with Crippen molar-refractivity contribution in [3.8, 4) is 0 Å². The van der Waals surface area contributed by atoms with Gasteiger partial charge >= 0.3 is 0 Å². The van der Waals surface area contributed by atoms with Crippen LogP contribution in [0, 0.1) is 6.92 Å². The van der Waals surface area contributed by atoms with Crippen LogP contribution in [0.2, 0.25) is 0 Å². The Hall–Kier alpha value is -2.79. The van der Waals surface area contributed by atoms with E-state index in [0.29, 0.717) is 5.69 Å². The molecule has 26 heavy (non-hydrogen) atoms. The first-order valence-electron chi connectivity index (χ1n) is 9.03. The van der Waals surface area contributed by atoms with Crippen molar-refractivity contribution >= 4 is 28.2 Å². The van der Waals surface area contributed by atoms with Crippen molar-refractivity contribution in [3.05, 3.63) is 59.8 Å². The number of aryl methyl sites for hydroxylation is 1. The lowest BCUT2D eigenvalue weighted by Crippen LogP contribution is -2.36. The molecule has 3 N–H and O–H groups in total. The predicted octanol–water partition coefficient (Wildman–Crippen LogP) is 3.69. The van der Waals surface area contributed by atoms with Crippen LogP contribution in [0.25, 0.3) is 10.9 Å². The summed E-state index contributed by atoms with van der Waals surface area (Å²) in [5, 5.41) is 13.8. The highest BCUT2D eigenvalue weighted by molar-refractivity contribution is 6.07. The van der Waals surface area contributed by atoms with Crippen LogP contribution in [0.4, 0.5) is 11.4 Å². The zero-order valence-corrected chi connectivity index (χ0v) is 14.8. The van der Waals surface area contributed by atoms with Crippen LogP contribution in [0.1, 0.15) is 28.9 Å². The van der Waals surface area contributed by atoms with Crippen molar-refractivity contribution in [2.45, 2.75) is 25.9 Å². The van der Waals surface area contributed by atoms with Crippen LogP contribution in [0.15, 0.2) is 48.5 Å². The fourth-order valence-electron chi connectivity index (χ4n) is 3.51. The molecule has 3 aromatic rings. The van der Waals surface area contributed by atoms with Gasteiger partial charge in [-0.05, 0) is 49.6 Å². The minimum absolute atomic E-state index is 0.150. The average molecular weight is 349 g/mol. The molecule has 1 saturated heterocycles. The number of hydrogen-bond acceptors (Lipinski definition) is 3. The average Bonchev–Trinajstić information content (AvgIpc) is 3.06. The van der Waals surface area contributed by atoms with E-state index in [1.807, 2.05) is 55.5 Å². The third kappa shape index (κ3) is 3.30. The van der Waals surface area contributed by atoms with Gasteiger partial charge in [-0.2, -0.15) is 0 Å². The van der Waals surface area contributed by atoms with Gasteiger partial charge in [0.15, 0.2) is 0 Å². The predicted molar refractivity (Wildman–Crippen MR) is 105 cm³/mol. The van der Waals surface area contributed by atoms with Crippen molar-refractivity contribution in [2.24, 2.45) is 0 Å². The van der Waals surface area contributed by atoms with Gasteiger partial charge in [0.2, 0.25) is 0 Å². The van der Waals surface area contributed by atoms with Gasteiger partial charge in [-0.25, -0.2) is 0 Å². The van der Waals surface area contributed by atoms with Gasteiger partial charge in [-0.1, -0.05) is 24.3 Å². The summed E-state index contributed by atoms with van der Waals surface area (Å²) in [5.41, 5.74) is 4.47. The Morgan fingerprint density at radius 2 is 1.92 bits per heavy atom. The highest BCUT2D eigenvalue weighted by Crippen LogP contribution is 2.29. The minimum Gasteiger partial charge on any atom is -0.393 e. The maximum Gasteiger partial charge on any atom is 0.272 e. The second-order valence-electron chi connectivity index (χ2n) is 6.96. The van der Waals surface area contributed by atoms with Gasteiger partial charge in [0.1, 0.15) is 5.69 Å². The van der Waals surface area contributed by atoms with Gasteiger partial charge in [0.05, 0.1) is 17.5 Å². The van der Waals surface area contributed by atoms with E-state index in [1.54, 1.807) is 0 Å². The van der Waals surface area contributed by atoms with Gasteiger partial charge < -0.3 is 20.3 Å². The van der Waals surface area contributed by atoms with E-state index in [0.717, 1.165) is 53.8 Å². The maximum absolute atomic E-state index is 12.8. The molecule has 134 valence electrons. The van der Waals surface area contributed by atoms with Crippen LogP contribution >= 0.6 is 0 Å². The van der Waals surface area contributed by atoms with Gasteiger partial charge in [-0.3, -0.25) is 4.79 Å². The lowest BCUT2D eigenvalue weighted by molar-refractivity contribution is 0.102. The van der Waals surface area contributed by atoms with Crippen molar-refractivity contribution < 1.29 is 9.90 Å². The standard InChI is InChI=1S/C21H23N3O2/c1-14-6-7-15-13-19(22-18(15)12-14)21(26)23-17-4-2-3-5-20(17)24-10-8-16(25)9-11-24/h2-7,12-13,16,22,25H,8-11H2,1H3,(H,23,26). The first kappa shape index (κ1) is 16.7. The van der Waals surface area contributed by atoms with Crippen molar-refractivity contribution in [1.82, 2.24) is 4.98 Å². The van der Waals surface area contributed by atoms with E-state index < -0.39 is 0 Å². The van der Waals surface area contributed by atoms with Crippen molar-refractivity contribution in [1.29, 1.82) is 0 Å². The third-order valence-electron chi connectivity index (χ3n) is 4.98. The summed E-state index contributed by atoms with van der Waals surface area (Å²) in [6, 6.07) is 15.8. The zero-order chi connectivity index (χ0) is 18.1. The summed E-state index contributed by atoms with van der Waals surface area (Å²) in [5.74, 6) is -0.150. The summed E-state index contributed by atoms with van der Waals surface area (Å²) in [6.45, 7) is 3.62. The number of carbonyl (C=O) groups excluding carboxylic acids is 1. The molecular weight excluding hydrogens is 326 g/mol. The lowest BCUT2D eigenvalue weighted by Gasteiger charge is -2.32. The molecule has 2 heterocycles. The van der Waals surface area contributed by atoms with Crippen molar-refractivity contribution in [3.63, 3.8) is 0 Å². The Labute approximate surface area is 152 Å². The molecule has 0 spiro atoms. The quantitative estimate of drug-likeness (QED) is 0.675. The summed E-state index contributed by atoms with van der Waals surface area (Å²) < 4.78 is 0. The molecule has 1 aliphatic rings. The number of H-pyrrole nitrogens is 1. The van der Waals surface area contributed by atoms with Gasteiger partial charge in [0.25, 0.3) is 5.91 Å². The topological polar surface area (TPSA) is 68.4 Å². The number of piperidine rings is 1. The van der Waals surface area contributed by atoms with E-state index in [1.165, 1.54) is 0 Å². The number of hydrogen-bond donors (Lipinski definition) is 3. The van der Waals surface area contributed by atoms with E-state index in [9.17, 15) is 9.90 Å². The molecule has 0 saturated carbocycles. The van der Waals surface area contributed by atoms with E-state index in [2.05, 4.69) is 15.2 Å². The Morgan fingerprint density at radius 1 is 1.15 bits per heavy atom. The van der Waals surface area contributed by atoms with Gasteiger partial charge in [-0.15, -0.1) is 0 Å². The lowest BCUT2D eigenvalue weighted by atomic mass is 10.1. The van der Waals surface area contributed by atoms with Crippen LogP contribution in [-0.2, 0) is 0 Å². The molecular formula is C21H23N3O2. The second-order valence-corrected chi connectivity index (χ2v) is 6.96. The molecule has 0 unspecified atom stereocenters. The summed E-state index contributed by atoms with van der Waals surface area (Å²) in [4.78, 5) is 18.2. The number of aromatic amines is 1. The van der Waals surface area contributed by atoms with E-state index in [4.69, 9.17) is 0 Å². The molecule has 1 aromatic heterocycles. The number of aromatic nitrogens is 1. The van der Waals surface area contributed by atoms with Crippen LogP contribution in [0.5, 0.6) is 0 Å². The first-order valence-corrected chi connectivity index (χ1v) is 9.03. The van der Waals surface area contributed by atoms with Crippen molar-refractivity contribution in [2.75, 3.05) is 23.3 Å². The largest absolute Gasteiger partial charge is 0.393 e. The molecule has 1 aliphatic heterocycles. The Kier molecular flexibility index (Phi) is 4.39. The van der Waals surface area contributed by atoms with Crippen LogP contribution in [-0.4, -0.2) is 35.2 Å². The third-order valence-corrected chi connectivity index (χ3v) is 4.98. The monoisotopic (exact) mass is 349 g/mol. The Balaban J connectivity index is 1.57. The molecule has 2 aromatic carbocycles. The number of nitrogens with zero attached hydrogens (tertiary/aromatic N) is 1. The van der Waals surface area contributed by atoms with Gasteiger partial charge in [0, 0.05) is 24.0 Å². The number of amides is 1. The molecule has 0 atom stereocenters. The molecule has 5 heteroatoms. The molecule has 0 radical (unpaired) electrons. The number of para-hydroxylation sites is 2. The fourth-order valence-corrected chi connectivity index (χ4v) is 3.51. The summed E-state index contributed by atoms with van der Waals surface area (Å²) >= 11 is 0. The normalized spacial score (nSPS) is 15.4. The molecule has 5 nitrogen and oxygen atoms in total. The Morgan fingerprint density at radius 3 is 2.73 bits per heavy atom. The first-order chi connectivity index (χ1) is 12.6. The number of anilines is 2. The number of fused-ring (bicyclic) bond motifs is 1. The zero-order valence-electron chi connectivity index (χ0n) is 14.8. The molecule has 1 fully saturated rings. The number of benzene rings is 2. The fraction of sp³-hybridized carbons (Fsp3) is 0.286. The molecule has 0 bridgehead atoms. The molecule has 4 rings (SSSR count).